The van der Waals surface area contributed by atoms with Gasteiger partial charge in [-0.1, -0.05) is 36.8 Å². The minimum Gasteiger partial charge on any atom is -0.469 e. The van der Waals surface area contributed by atoms with Crippen molar-refractivity contribution in [1.29, 1.82) is 0 Å². The minimum absolute atomic E-state index is 0.0681. The molecule has 0 bridgehead atoms. The van der Waals surface area contributed by atoms with Gasteiger partial charge in [-0.2, -0.15) is 5.10 Å². The quantitative estimate of drug-likeness (QED) is 0.0942. The van der Waals surface area contributed by atoms with E-state index in [1.54, 1.807) is 24.4 Å². The number of aryl methyl sites for hydroxylation is 1. The normalized spacial score (nSPS) is 21.1. The molecule has 1 fully saturated rings. The Morgan fingerprint density at radius 2 is 2.11 bits per heavy atom. The summed E-state index contributed by atoms with van der Waals surface area (Å²) in [6, 6.07) is 10.1. The summed E-state index contributed by atoms with van der Waals surface area (Å²) in [4.78, 5) is 17.2. The smallest absolute Gasteiger partial charge is 0.312 e. The number of hydrazone groups is 1. The predicted molar refractivity (Wildman–Crippen MR) is 148 cm³/mol. The van der Waals surface area contributed by atoms with E-state index < -0.39 is 11.6 Å². The molecule has 0 radical (unpaired) electrons. The summed E-state index contributed by atoms with van der Waals surface area (Å²) in [6.07, 6.45) is 12.3. The molecule has 3 unspecified atom stereocenters. The lowest BCUT2D eigenvalue weighted by atomic mass is 9.68. The van der Waals surface area contributed by atoms with Gasteiger partial charge in [-0.15, -0.1) is 0 Å². The second kappa shape index (κ2) is 14.5. The van der Waals surface area contributed by atoms with Crippen molar-refractivity contribution in [3.8, 4) is 0 Å². The van der Waals surface area contributed by atoms with Crippen LogP contribution in [0, 0.1) is 18.2 Å². The summed E-state index contributed by atoms with van der Waals surface area (Å²) in [5.74, 6) is -0.572. The van der Waals surface area contributed by atoms with E-state index in [-0.39, 0.29) is 17.8 Å². The summed E-state index contributed by atoms with van der Waals surface area (Å²) in [5, 5.41) is 18.5. The SMILES string of the molecule is C/C=C\CN/N=C(\C/C=C/C(O)NC1CCCC(Cc2ccc(F)cc2)(C(=O)OC)C1)c1ccnc(C)c1. The van der Waals surface area contributed by atoms with E-state index in [4.69, 9.17) is 4.74 Å². The predicted octanol–water partition coefficient (Wildman–Crippen LogP) is 4.60. The first-order valence-corrected chi connectivity index (χ1v) is 13.1. The summed E-state index contributed by atoms with van der Waals surface area (Å²) < 4.78 is 18.6. The topological polar surface area (TPSA) is 95.8 Å². The molecule has 0 saturated heterocycles. The van der Waals surface area contributed by atoms with Gasteiger partial charge in [-0.3, -0.25) is 15.1 Å². The third-order valence-corrected chi connectivity index (χ3v) is 6.84. The van der Waals surface area contributed by atoms with Gasteiger partial charge in [-0.05, 0) is 75.4 Å². The number of esters is 1. The molecule has 1 aromatic heterocycles. The van der Waals surface area contributed by atoms with Crippen LogP contribution in [0.1, 0.15) is 55.8 Å². The number of aromatic nitrogens is 1. The van der Waals surface area contributed by atoms with Crippen LogP contribution in [0.15, 0.2) is 72.0 Å². The first-order chi connectivity index (χ1) is 18.3. The number of hydrogen-bond donors (Lipinski definition) is 3. The van der Waals surface area contributed by atoms with Gasteiger partial charge in [0.1, 0.15) is 12.0 Å². The van der Waals surface area contributed by atoms with Gasteiger partial charge in [0.25, 0.3) is 0 Å². The number of ether oxygens (including phenoxy) is 1. The van der Waals surface area contributed by atoms with Crippen molar-refractivity contribution in [2.24, 2.45) is 10.5 Å². The zero-order valence-corrected chi connectivity index (χ0v) is 22.5. The highest BCUT2D eigenvalue weighted by Gasteiger charge is 2.44. The zero-order valence-electron chi connectivity index (χ0n) is 22.5. The molecule has 0 amide bonds. The molecule has 1 heterocycles. The maximum absolute atomic E-state index is 13.4. The number of nitrogens with zero attached hydrogens (tertiary/aromatic N) is 2. The second-order valence-electron chi connectivity index (χ2n) is 9.79. The zero-order chi connectivity index (χ0) is 27.4. The van der Waals surface area contributed by atoms with Crippen molar-refractivity contribution in [3.05, 3.63) is 89.5 Å². The highest BCUT2D eigenvalue weighted by atomic mass is 19.1. The first-order valence-electron chi connectivity index (χ1n) is 13.1. The summed E-state index contributed by atoms with van der Waals surface area (Å²) in [6.45, 7) is 4.52. The van der Waals surface area contributed by atoms with Crippen molar-refractivity contribution in [1.82, 2.24) is 15.7 Å². The molecular formula is C30H39FN4O3. The fraction of sp³-hybridized carbons (Fsp3) is 0.433. The van der Waals surface area contributed by atoms with E-state index in [1.807, 2.05) is 44.2 Å². The van der Waals surface area contributed by atoms with Gasteiger partial charge >= 0.3 is 5.97 Å². The maximum atomic E-state index is 13.4. The number of benzene rings is 1. The van der Waals surface area contributed by atoms with Crippen molar-refractivity contribution in [2.75, 3.05) is 13.7 Å². The van der Waals surface area contributed by atoms with Crippen LogP contribution in [0.5, 0.6) is 0 Å². The van der Waals surface area contributed by atoms with E-state index in [2.05, 4.69) is 20.8 Å². The van der Waals surface area contributed by atoms with Gasteiger partial charge in [-0.25, -0.2) is 4.39 Å². The van der Waals surface area contributed by atoms with Crippen LogP contribution in [0.3, 0.4) is 0 Å². The Hall–Kier alpha value is -3.36. The lowest BCUT2D eigenvalue weighted by Crippen LogP contribution is -2.48. The first kappa shape index (κ1) is 29.2. The Bertz CT molecular complexity index is 1130. The molecule has 2 aromatic rings. The average molecular weight is 523 g/mol. The molecule has 7 nitrogen and oxygen atoms in total. The molecule has 204 valence electrons. The fourth-order valence-corrected chi connectivity index (χ4v) is 5.00. The van der Waals surface area contributed by atoms with Crippen LogP contribution in [-0.4, -0.2) is 47.7 Å². The van der Waals surface area contributed by atoms with Crippen LogP contribution < -0.4 is 10.7 Å². The van der Waals surface area contributed by atoms with Crippen molar-refractivity contribution >= 4 is 11.7 Å². The highest BCUT2D eigenvalue weighted by Crippen LogP contribution is 2.40. The summed E-state index contributed by atoms with van der Waals surface area (Å²) in [7, 11) is 1.40. The number of aliphatic hydroxyl groups is 1. The molecule has 0 spiro atoms. The number of pyridine rings is 1. The summed E-state index contributed by atoms with van der Waals surface area (Å²) in [5.41, 5.74) is 5.94. The third-order valence-electron chi connectivity index (χ3n) is 6.84. The van der Waals surface area contributed by atoms with Crippen LogP contribution in [0.4, 0.5) is 4.39 Å². The largest absolute Gasteiger partial charge is 0.469 e. The number of hydrogen-bond acceptors (Lipinski definition) is 7. The van der Waals surface area contributed by atoms with E-state index in [9.17, 15) is 14.3 Å². The van der Waals surface area contributed by atoms with Crippen LogP contribution >= 0.6 is 0 Å². The number of aliphatic hydroxyl groups excluding tert-OH is 1. The van der Waals surface area contributed by atoms with Crippen molar-refractivity contribution in [2.45, 2.75) is 64.6 Å². The number of allylic oxidation sites excluding steroid dienone is 2. The Morgan fingerprint density at radius 3 is 2.82 bits per heavy atom. The van der Waals surface area contributed by atoms with Crippen LogP contribution in [0.2, 0.25) is 0 Å². The fourth-order valence-electron chi connectivity index (χ4n) is 5.00. The van der Waals surface area contributed by atoms with Gasteiger partial charge < -0.3 is 15.3 Å². The molecule has 1 aliphatic rings. The number of rotatable bonds is 12. The van der Waals surface area contributed by atoms with E-state index in [0.29, 0.717) is 32.2 Å². The molecule has 1 saturated carbocycles. The average Bonchev–Trinajstić information content (AvgIpc) is 2.91. The molecule has 3 atom stereocenters. The van der Waals surface area contributed by atoms with Gasteiger partial charge in [0.05, 0.1) is 24.8 Å². The highest BCUT2D eigenvalue weighted by molar-refractivity contribution is 6.01. The molecule has 3 rings (SSSR count). The number of halogens is 1. The van der Waals surface area contributed by atoms with Crippen LogP contribution in [-0.2, 0) is 16.0 Å². The molecule has 1 aromatic carbocycles. The second-order valence-corrected chi connectivity index (χ2v) is 9.79. The van der Waals surface area contributed by atoms with Gasteiger partial charge in [0, 0.05) is 29.9 Å². The Balaban J connectivity index is 1.65. The maximum Gasteiger partial charge on any atom is 0.312 e. The number of carbonyl (C=O) groups excluding carboxylic acids is 1. The number of methoxy groups -OCH3 is 1. The van der Waals surface area contributed by atoms with Gasteiger partial charge in [0.15, 0.2) is 0 Å². The number of nitrogens with one attached hydrogen (secondary N) is 2. The molecule has 38 heavy (non-hydrogen) atoms. The lowest BCUT2D eigenvalue weighted by Gasteiger charge is -2.39. The molecule has 3 N–H and O–H groups in total. The standard InChI is InChI=1S/C30H39FN4O3/c1-4-5-17-33-35-27(24-15-18-32-22(2)19-24)9-6-10-28(36)34-26-8-7-16-30(21-26,29(37)38-3)20-23-11-13-25(31)14-12-23/h4-6,10-15,18-19,26,28,33-34,36H,7-9,16-17,20-21H2,1-3H3/b5-4-,10-6+,35-27+. The van der Waals surface area contributed by atoms with Crippen molar-refractivity contribution < 1.29 is 19.0 Å². The Kier molecular flexibility index (Phi) is 11.2. The summed E-state index contributed by atoms with van der Waals surface area (Å²) >= 11 is 0. The molecule has 8 heteroatoms. The number of carbonyl (C=O) groups is 1. The minimum atomic E-state index is -0.879. The Morgan fingerprint density at radius 1 is 1.32 bits per heavy atom. The molecular weight excluding hydrogens is 483 g/mol. The van der Waals surface area contributed by atoms with Crippen molar-refractivity contribution in [3.63, 3.8) is 0 Å². The lowest BCUT2D eigenvalue weighted by molar-refractivity contribution is -0.155. The van der Waals surface area contributed by atoms with E-state index >= 15 is 0 Å². The molecule has 0 aliphatic heterocycles. The Labute approximate surface area is 224 Å². The van der Waals surface area contributed by atoms with E-state index in [1.165, 1.54) is 19.2 Å². The van der Waals surface area contributed by atoms with Crippen LogP contribution in [0.25, 0.3) is 0 Å². The van der Waals surface area contributed by atoms with E-state index in [0.717, 1.165) is 35.4 Å². The monoisotopic (exact) mass is 522 g/mol. The molecule has 1 aliphatic carbocycles. The third kappa shape index (κ3) is 8.60. The van der Waals surface area contributed by atoms with Gasteiger partial charge in [0.2, 0.25) is 0 Å².